The highest BCUT2D eigenvalue weighted by Gasteiger charge is 2.32. The van der Waals surface area contributed by atoms with Gasteiger partial charge in [-0.2, -0.15) is 0 Å². The van der Waals surface area contributed by atoms with Crippen LogP contribution in [-0.4, -0.2) is 23.5 Å². The molecule has 1 N–H and O–H groups in total. The third kappa shape index (κ3) is 5.51. The van der Waals surface area contributed by atoms with Crippen molar-refractivity contribution in [3.63, 3.8) is 0 Å². The second kappa shape index (κ2) is 10.6. The van der Waals surface area contributed by atoms with E-state index in [2.05, 4.69) is 5.32 Å². The fourth-order valence-electron chi connectivity index (χ4n) is 3.86. The molecule has 0 spiro atoms. The first-order chi connectivity index (χ1) is 16.4. The maximum Gasteiger partial charge on any atom is 0.247 e. The zero-order chi connectivity index (χ0) is 24.1. The van der Waals surface area contributed by atoms with Crippen molar-refractivity contribution in [1.82, 2.24) is 10.2 Å². The average molecular weight is 479 g/mol. The number of hydrogen-bond donors (Lipinski definition) is 1. The molecule has 0 bridgehead atoms. The molecule has 176 valence electrons. The van der Waals surface area contributed by atoms with Crippen LogP contribution in [0, 0.1) is 5.92 Å². The van der Waals surface area contributed by atoms with Crippen molar-refractivity contribution in [3.8, 4) is 11.5 Å². The van der Waals surface area contributed by atoms with Crippen molar-refractivity contribution in [2.75, 3.05) is 6.79 Å². The molecule has 0 aliphatic carbocycles. The number of amides is 2. The van der Waals surface area contributed by atoms with E-state index in [4.69, 9.17) is 21.1 Å². The third-order valence-corrected chi connectivity index (χ3v) is 5.87. The minimum absolute atomic E-state index is 0.109. The first kappa shape index (κ1) is 23.6. The summed E-state index contributed by atoms with van der Waals surface area (Å²) in [4.78, 5) is 28.5. The molecule has 2 amide bonds. The SMILES string of the molecule is CC(C)C(=O)N(Cc1ccc(Cl)cc1)C(C(=O)NCc1ccc2c(c1)OCO2)c1ccccc1. The average Bonchev–Trinajstić information content (AvgIpc) is 3.32. The fraction of sp³-hybridized carbons (Fsp3) is 0.259. The van der Waals surface area contributed by atoms with Crippen LogP contribution in [-0.2, 0) is 22.7 Å². The number of halogens is 1. The van der Waals surface area contributed by atoms with Crippen molar-refractivity contribution in [3.05, 3.63) is 94.5 Å². The van der Waals surface area contributed by atoms with E-state index in [1.165, 1.54) is 0 Å². The Bertz CT molecular complexity index is 1150. The molecule has 1 aliphatic rings. The summed E-state index contributed by atoms with van der Waals surface area (Å²) in [7, 11) is 0. The molecule has 3 aromatic carbocycles. The molecule has 0 aromatic heterocycles. The smallest absolute Gasteiger partial charge is 0.247 e. The molecule has 1 heterocycles. The number of carbonyl (C=O) groups is 2. The van der Waals surface area contributed by atoms with Gasteiger partial charge in [-0.25, -0.2) is 0 Å². The molecule has 0 fully saturated rings. The van der Waals surface area contributed by atoms with Crippen LogP contribution in [0.1, 0.15) is 36.6 Å². The molecule has 0 saturated heterocycles. The monoisotopic (exact) mass is 478 g/mol. The van der Waals surface area contributed by atoms with Crippen LogP contribution >= 0.6 is 11.6 Å². The van der Waals surface area contributed by atoms with Crippen LogP contribution in [0.4, 0.5) is 0 Å². The van der Waals surface area contributed by atoms with Crippen molar-refractivity contribution >= 4 is 23.4 Å². The topological polar surface area (TPSA) is 67.9 Å². The van der Waals surface area contributed by atoms with Gasteiger partial charge >= 0.3 is 0 Å². The number of fused-ring (bicyclic) bond motifs is 1. The quantitative estimate of drug-likeness (QED) is 0.488. The Morgan fingerprint density at radius 2 is 1.62 bits per heavy atom. The highest BCUT2D eigenvalue weighted by atomic mass is 35.5. The van der Waals surface area contributed by atoms with Crippen molar-refractivity contribution in [2.45, 2.75) is 33.0 Å². The first-order valence-electron chi connectivity index (χ1n) is 11.2. The summed E-state index contributed by atoms with van der Waals surface area (Å²) >= 11 is 6.04. The molecular weight excluding hydrogens is 452 g/mol. The minimum Gasteiger partial charge on any atom is -0.454 e. The number of ether oxygens (including phenoxy) is 2. The Labute approximate surface area is 204 Å². The van der Waals surface area contributed by atoms with Gasteiger partial charge in [0.1, 0.15) is 6.04 Å². The Morgan fingerprint density at radius 3 is 2.32 bits per heavy atom. The van der Waals surface area contributed by atoms with Crippen LogP contribution < -0.4 is 14.8 Å². The summed E-state index contributed by atoms with van der Waals surface area (Å²) < 4.78 is 10.8. The Balaban J connectivity index is 1.61. The van der Waals surface area contributed by atoms with Gasteiger partial charge < -0.3 is 19.7 Å². The van der Waals surface area contributed by atoms with E-state index in [-0.39, 0.29) is 31.1 Å². The summed E-state index contributed by atoms with van der Waals surface area (Å²) in [6.07, 6.45) is 0. The lowest BCUT2D eigenvalue weighted by Crippen LogP contribution is -2.44. The molecule has 1 atom stereocenters. The Hall–Kier alpha value is -3.51. The molecule has 1 unspecified atom stereocenters. The van der Waals surface area contributed by atoms with Crippen LogP contribution in [0.25, 0.3) is 0 Å². The predicted molar refractivity (Wildman–Crippen MR) is 130 cm³/mol. The van der Waals surface area contributed by atoms with Gasteiger partial charge in [0.15, 0.2) is 11.5 Å². The van der Waals surface area contributed by atoms with E-state index in [0.29, 0.717) is 23.1 Å². The van der Waals surface area contributed by atoms with E-state index in [1.807, 2.05) is 74.5 Å². The fourth-order valence-corrected chi connectivity index (χ4v) is 3.99. The number of nitrogens with one attached hydrogen (secondary N) is 1. The second-order valence-electron chi connectivity index (χ2n) is 8.47. The van der Waals surface area contributed by atoms with Crippen LogP contribution in [0.2, 0.25) is 5.02 Å². The van der Waals surface area contributed by atoms with Gasteiger partial charge in [0.25, 0.3) is 0 Å². The van der Waals surface area contributed by atoms with Gasteiger partial charge in [0, 0.05) is 24.0 Å². The Kier molecular flexibility index (Phi) is 7.38. The third-order valence-electron chi connectivity index (χ3n) is 5.62. The first-order valence-corrected chi connectivity index (χ1v) is 11.6. The molecule has 6 nitrogen and oxygen atoms in total. The summed E-state index contributed by atoms with van der Waals surface area (Å²) in [6, 6.07) is 21.4. The van der Waals surface area contributed by atoms with Gasteiger partial charge in [0.05, 0.1) is 0 Å². The normalized spacial score (nSPS) is 12.9. The van der Waals surface area contributed by atoms with Gasteiger partial charge in [-0.15, -0.1) is 0 Å². The summed E-state index contributed by atoms with van der Waals surface area (Å²) in [5.41, 5.74) is 2.51. The van der Waals surface area contributed by atoms with Gasteiger partial charge in [0.2, 0.25) is 18.6 Å². The Morgan fingerprint density at radius 1 is 0.941 bits per heavy atom. The highest BCUT2D eigenvalue weighted by molar-refractivity contribution is 6.30. The number of benzene rings is 3. The van der Waals surface area contributed by atoms with E-state index in [0.717, 1.165) is 16.7 Å². The van der Waals surface area contributed by atoms with Crippen molar-refractivity contribution in [1.29, 1.82) is 0 Å². The molecule has 1 aliphatic heterocycles. The predicted octanol–water partition coefficient (Wildman–Crippen LogP) is 5.11. The lowest BCUT2D eigenvalue weighted by atomic mass is 10.0. The van der Waals surface area contributed by atoms with Crippen LogP contribution in [0.15, 0.2) is 72.8 Å². The number of carbonyl (C=O) groups excluding carboxylic acids is 2. The molecule has 0 saturated carbocycles. The molecule has 0 radical (unpaired) electrons. The summed E-state index contributed by atoms with van der Waals surface area (Å²) in [5, 5.41) is 3.62. The standard InChI is InChI=1S/C27H27ClN2O4/c1-18(2)27(32)30(16-19-8-11-22(28)12-9-19)25(21-6-4-3-5-7-21)26(31)29-15-20-10-13-23-24(14-20)34-17-33-23/h3-14,18,25H,15-17H2,1-2H3,(H,29,31). The molecule has 3 aromatic rings. The van der Waals surface area contributed by atoms with E-state index in [9.17, 15) is 9.59 Å². The lowest BCUT2D eigenvalue weighted by Gasteiger charge is -2.33. The maximum absolute atomic E-state index is 13.6. The number of nitrogens with zero attached hydrogens (tertiary/aromatic N) is 1. The van der Waals surface area contributed by atoms with Crippen molar-refractivity contribution < 1.29 is 19.1 Å². The molecule has 4 rings (SSSR count). The number of rotatable bonds is 8. The lowest BCUT2D eigenvalue weighted by molar-refractivity contribution is -0.144. The summed E-state index contributed by atoms with van der Waals surface area (Å²) in [5.74, 6) is 0.702. The molecule has 34 heavy (non-hydrogen) atoms. The maximum atomic E-state index is 13.6. The highest BCUT2D eigenvalue weighted by Crippen LogP contribution is 2.32. The second-order valence-corrected chi connectivity index (χ2v) is 8.90. The zero-order valence-electron chi connectivity index (χ0n) is 19.2. The zero-order valence-corrected chi connectivity index (χ0v) is 19.9. The van der Waals surface area contributed by atoms with Gasteiger partial charge in [-0.1, -0.05) is 74.0 Å². The van der Waals surface area contributed by atoms with Gasteiger partial charge in [-0.3, -0.25) is 9.59 Å². The van der Waals surface area contributed by atoms with Crippen molar-refractivity contribution in [2.24, 2.45) is 5.92 Å². The van der Waals surface area contributed by atoms with Crippen LogP contribution in [0.5, 0.6) is 11.5 Å². The minimum atomic E-state index is -0.791. The number of hydrogen-bond acceptors (Lipinski definition) is 4. The van der Waals surface area contributed by atoms with E-state index >= 15 is 0 Å². The molecule has 7 heteroatoms. The van der Waals surface area contributed by atoms with E-state index < -0.39 is 6.04 Å². The van der Waals surface area contributed by atoms with Crippen LogP contribution in [0.3, 0.4) is 0 Å². The summed E-state index contributed by atoms with van der Waals surface area (Å²) in [6.45, 7) is 4.44. The van der Waals surface area contributed by atoms with Gasteiger partial charge in [-0.05, 0) is 41.0 Å². The van der Waals surface area contributed by atoms with E-state index in [1.54, 1.807) is 17.0 Å². The largest absolute Gasteiger partial charge is 0.454 e. The molecular formula is C27H27ClN2O4.